The van der Waals surface area contributed by atoms with Crippen molar-refractivity contribution in [3.05, 3.63) is 29.0 Å². The van der Waals surface area contributed by atoms with Gasteiger partial charge in [0.1, 0.15) is 5.65 Å². The average Bonchev–Trinajstić information content (AvgIpc) is 2.69. The third-order valence-corrected chi connectivity index (χ3v) is 4.13. The second-order valence-corrected chi connectivity index (χ2v) is 5.55. The summed E-state index contributed by atoms with van der Waals surface area (Å²) in [5.74, 6) is 0.778. The van der Waals surface area contributed by atoms with Gasteiger partial charge in [-0.2, -0.15) is 0 Å². The third-order valence-electron chi connectivity index (χ3n) is 3.50. The summed E-state index contributed by atoms with van der Waals surface area (Å²) in [7, 11) is 0. The molecule has 0 atom stereocenters. The Hall–Kier alpha value is -0.870. The first-order valence-electron chi connectivity index (χ1n) is 6.14. The van der Waals surface area contributed by atoms with Gasteiger partial charge in [0.15, 0.2) is 0 Å². The molecule has 0 saturated carbocycles. The van der Waals surface area contributed by atoms with Gasteiger partial charge >= 0.3 is 0 Å². The lowest BCUT2D eigenvalue weighted by Gasteiger charge is -2.23. The minimum absolute atomic E-state index is 0.778. The van der Waals surface area contributed by atoms with Crippen LogP contribution in [0, 0.1) is 5.92 Å². The number of pyridine rings is 1. The molecule has 1 aliphatic rings. The molecule has 2 aromatic rings. The fraction of sp³-hybridized carbons (Fsp3) is 0.462. The largest absolute Gasteiger partial charge is 0.331 e. The van der Waals surface area contributed by atoms with Crippen LogP contribution in [0.5, 0.6) is 0 Å². The van der Waals surface area contributed by atoms with E-state index in [0.717, 1.165) is 35.7 Å². The van der Waals surface area contributed by atoms with Gasteiger partial charge < -0.3 is 9.88 Å². The normalized spacial score (nSPS) is 17.7. The predicted octanol–water partition coefficient (Wildman–Crippen LogP) is 2.80. The van der Waals surface area contributed by atoms with Crippen molar-refractivity contribution in [3.63, 3.8) is 0 Å². The molecular formula is C13H16BrN3. The van der Waals surface area contributed by atoms with Crippen LogP contribution in [-0.4, -0.2) is 22.6 Å². The Kier molecular flexibility index (Phi) is 3.16. The molecule has 0 aliphatic carbocycles. The Morgan fingerprint density at radius 3 is 3.06 bits per heavy atom. The molecule has 3 nitrogen and oxygen atoms in total. The minimum atomic E-state index is 0.778. The molecule has 3 rings (SSSR count). The molecular weight excluding hydrogens is 278 g/mol. The fourth-order valence-corrected chi connectivity index (χ4v) is 3.12. The maximum atomic E-state index is 4.48. The van der Waals surface area contributed by atoms with Crippen LogP contribution in [0.2, 0.25) is 0 Å². The van der Waals surface area contributed by atoms with Gasteiger partial charge in [0.05, 0.1) is 0 Å². The highest BCUT2D eigenvalue weighted by Gasteiger charge is 2.15. The summed E-state index contributed by atoms with van der Waals surface area (Å²) in [6.45, 7) is 3.39. The van der Waals surface area contributed by atoms with E-state index in [9.17, 15) is 0 Å². The molecule has 3 heterocycles. The van der Waals surface area contributed by atoms with Gasteiger partial charge in [0.2, 0.25) is 0 Å². The number of aromatic nitrogens is 2. The molecule has 0 aromatic carbocycles. The number of rotatable bonds is 2. The van der Waals surface area contributed by atoms with Crippen LogP contribution in [-0.2, 0) is 6.54 Å². The minimum Gasteiger partial charge on any atom is -0.331 e. The van der Waals surface area contributed by atoms with E-state index in [-0.39, 0.29) is 0 Å². The summed E-state index contributed by atoms with van der Waals surface area (Å²) < 4.78 is 3.43. The highest BCUT2D eigenvalue weighted by atomic mass is 79.9. The highest BCUT2D eigenvalue weighted by molar-refractivity contribution is 9.10. The van der Waals surface area contributed by atoms with Crippen molar-refractivity contribution in [3.8, 4) is 0 Å². The highest BCUT2D eigenvalue weighted by Crippen LogP contribution is 2.26. The zero-order valence-corrected chi connectivity index (χ0v) is 11.3. The molecule has 1 saturated heterocycles. The molecule has 17 heavy (non-hydrogen) atoms. The van der Waals surface area contributed by atoms with Gasteiger partial charge in [-0.1, -0.05) is 0 Å². The van der Waals surface area contributed by atoms with Crippen molar-refractivity contribution in [1.29, 1.82) is 0 Å². The first kappa shape index (κ1) is 11.2. The van der Waals surface area contributed by atoms with Crippen LogP contribution in [0.3, 0.4) is 0 Å². The summed E-state index contributed by atoms with van der Waals surface area (Å²) >= 11 is 3.61. The summed E-state index contributed by atoms with van der Waals surface area (Å²) in [6.07, 6.45) is 6.57. The SMILES string of the molecule is Brc1cn(CC2CCNCC2)c2ncccc12. The molecule has 90 valence electrons. The van der Waals surface area contributed by atoms with E-state index in [4.69, 9.17) is 0 Å². The van der Waals surface area contributed by atoms with E-state index >= 15 is 0 Å². The number of nitrogens with one attached hydrogen (secondary N) is 1. The number of piperidine rings is 1. The fourth-order valence-electron chi connectivity index (χ4n) is 2.56. The van der Waals surface area contributed by atoms with Crippen LogP contribution >= 0.6 is 15.9 Å². The summed E-state index contributed by atoms with van der Waals surface area (Å²) in [6, 6.07) is 4.10. The second-order valence-electron chi connectivity index (χ2n) is 4.70. The van der Waals surface area contributed by atoms with Gasteiger partial charge in [0, 0.05) is 28.8 Å². The lowest BCUT2D eigenvalue weighted by atomic mass is 9.98. The molecule has 0 spiro atoms. The van der Waals surface area contributed by atoms with Crippen molar-refractivity contribution >= 4 is 27.0 Å². The average molecular weight is 294 g/mol. The van der Waals surface area contributed by atoms with Crippen molar-refractivity contribution in [2.24, 2.45) is 5.92 Å². The van der Waals surface area contributed by atoms with Crippen LogP contribution in [0.25, 0.3) is 11.0 Å². The predicted molar refractivity (Wildman–Crippen MR) is 73.0 cm³/mol. The molecule has 2 aromatic heterocycles. The first-order chi connectivity index (χ1) is 8.34. The maximum absolute atomic E-state index is 4.48. The Morgan fingerprint density at radius 2 is 2.24 bits per heavy atom. The topological polar surface area (TPSA) is 29.9 Å². The van der Waals surface area contributed by atoms with Crippen molar-refractivity contribution in [1.82, 2.24) is 14.9 Å². The zero-order chi connectivity index (χ0) is 11.7. The lowest BCUT2D eigenvalue weighted by molar-refractivity contribution is 0.336. The van der Waals surface area contributed by atoms with E-state index in [0.29, 0.717) is 0 Å². The second kappa shape index (κ2) is 4.78. The lowest BCUT2D eigenvalue weighted by Crippen LogP contribution is -2.29. The quantitative estimate of drug-likeness (QED) is 0.923. The Morgan fingerprint density at radius 1 is 1.41 bits per heavy atom. The van der Waals surface area contributed by atoms with Crippen LogP contribution in [0.15, 0.2) is 29.0 Å². The Bertz CT molecular complexity index is 514. The van der Waals surface area contributed by atoms with Crippen molar-refractivity contribution < 1.29 is 0 Å². The number of hydrogen-bond donors (Lipinski definition) is 1. The molecule has 1 N–H and O–H groups in total. The van der Waals surface area contributed by atoms with Crippen LogP contribution in [0.4, 0.5) is 0 Å². The molecule has 0 unspecified atom stereocenters. The molecule has 0 bridgehead atoms. The van der Waals surface area contributed by atoms with Crippen LogP contribution < -0.4 is 5.32 Å². The smallest absolute Gasteiger partial charge is 0.141 e. The number of halogens is 1. The summed E-state index contributed by atoms with van der Waals surface area (Å²) in [5.41, 5.74) is 1.10. The van der Waals surface area contributed by atoms with Crippen molar-refractivity contribution in [2.75, 3.05) is 13.1 Å². The number of hydrogen-bond acceptors (Lipinski definition) is 2. The van der Waals surface area contributed by atoms with E-state index in [1.807, 2.05) is 12.3 Å². The molecule has 1 aliphatic heterocycles. The van der Waals surface area contributed by atoms with Gasteiger partial charge in [-0.15, -0.1) is 0 Å². The third kappa shape index (κ3) is 2.24. The van der Waals surface area contributed by atoms with Gasteiger partial charge in [-0.3, -0.25) is 0 Å². The standard InChI is InChI=1S/C13H16BrN3/c14-12-9-17(8-10-3-6-15-7-4-10)13-11(12)2-1-5-16-13/h1-2,5,9-10,15H,3-4,6-8H2. The number of fused-ring (bicyclic) bond motifs is 1. The first-order valence-corrected chi connectivity index (χ1v) is 6.94. The van der Waals surface area contributed by atoms with Crippen LogP contribution in [0.1, 0.15) is 12.8 Å². The molecule has 0 amide bonds. The number of nitrogens with zero attached hydrogens (tertiary/aromatic N) is 2. The maximum Gasteiger partial charge on any atom is 0.141 e. The van der Waals surface area contributed by atoms with E-state index < -0.39 is 0 Å². The Balaban J connectivity index is 1.89. The summed E-state index contributed by atoms with van der Waals surface area (Å²) in [5, 5.41) is 4.62. The molecule has 1 fully saturated rings. The van der Waals surface area contributed by atoms with Gasteiger partial charge in [0.25, 0.3) is 0 Å². The van der Waals surface area contributed by atoms with E-state index in [1.54, 1.807) is 0 Å². The van der Waals surface area contributed by atoms with E-state index in [2.05, 4.69) is 43.1 Å². The van der Waals surface area contributed by atoms with E-state index in [1.165, 1.54) is 18.2 Å². The van der Waals surface area contributed by atoms with Crippen molar-refractivity contribution in [2.45, 2.75) is 19.4 Å². The van der Waals surface area contributed by atoms with Gasteiger partial charge in [-0.25, -0.2) is 4.98 Å². The van der Waals surface area contributed by atoms with Gasteiger partial charge in [-0.05, 0) is 59.9 Å². The monoisotopic (exact) mass is 293 g/mol. The Labute approximate surface area is 109 Å². The molecule has 0 radical (unpaired) electrons. The summed E-state index contributed by atoms with van der Waals surface area (Å²) in [4.78, 5) is 4.48. The molecule has 4 heteroatoms. The zero-order valence-electron chi connectivity index (χ0n) is 9.69.